The Morgan fingerprint density at radius 1 is 1.08 bits per heavy atom. The standard InChI is InChI=1S/C26H38N4O7Si/c1-7-35-23(32)18-29(15-16-37-38(5,6)26(2,3)4)22(31)17-30-14-13-21(27-24(30)33)28-25(34)36-19-20-11-9-8-10-12-20/h8-14H,7,15-19H2,1-6H3,(H,27,28,33,34). The first-order valence-electron chi connectivity index (χ1n) is 12.4. The summed E-state index contributed by atoms with van der Waals surface area (Å²) in [5, 5.41) is 2.39. The second-order valence-corrected chi connectivity index (χ2v) is 14.9. The highest BCUT2D eigenvalue weighted by Gasteiger charge is 2.37. The number of hydrogen-bond acceptors (Lipinski definition) is 8. The number of carbonyl (C=O) groups excluding carboxylic acids is 3. The largest absolute Gasteiger partial charge is 0.465 e. The molecule has 1 aromatic heterocycles. The number of nitrogens with zero attached hydrogens (tertiary/aromatic N) is 3. The molecule has 38 heavy (non-hydrogen) atoms. The molecule has 2 amide bonds. The smallest absolute Gasteiger partial charge is 0.413 e. The summed E-state index contributed by atoms with van der Waals surface area (Å²) in [6, 6.07) is 10.5. The molecular formula is C26H38N4O7Si. The Bertz CT molecular complexity index is 1150. The second kappa shape index (κ2) is 13.9. The molecular weight excluding hydrogens is 508 g/mol. The lowest BCUT2D eigenvalue weighted by atomic mass is 10.2. The van der Waals surface area contributed by atoms with Gasteiger partial charge in [0, 0.05) is 12.7 Å². The van der Waals surface area contributed by atoms with Crippen molar-refractivity contribution in [2.75, 3.05) is 31.6 Å². The molecule has 0 aliphatic heterocycles. The number of amides is 2. The first-order chi connectivity index (χ1) is 17.8. The predicted octanol–water partition coefficient (Wildman–Crippen LogP) is 3.41. The van der Waals surface area contributed by atoms with Crippen LogP contribution < -0.4 is 11.0 Å². The Kier molecular flexibility index (Phi) is 11.2. The van der Waals surface area contributed by atoms with E-state index in [2.05, 4.69) is 44.2 Å². The van der Waals surface area contributed by atoms with Crippen LogP contribution in [0.3, 0.4) is 0 Å². The van der Waals surface area contributed by atoms with E-state index >= 15 is 0 Å². The number of hydrogen-bond donors (Lipinski definition) is 1. The van der Waals surface area contributed by atoms with Gasteiger partial charge in [-0.25, -0.2) is 9.59 Å². The molecule has 0 unspecified atom stereocenters. The molecule has 1 N–H and O–H groups in total. The highest BCUT2D eigenvalue weighted by Crippen LogP contribution is 2.36. The van der Waals surface area contributed by atoms with E-state index < -0.39 is 32.0 Å². The lowest BCUT2D eigenvalue weighted by Crippen LogP contribution is -2.45. The van der Waals surface area contributed by atoms with E-state index in [0.717, 1.165) is 10.1 Å². The summed E-state index contributed by atoms with van der Waals surface area (Å²) in [5.41, 5.74) is 0.0689. The van der Waals surface area contributed by atoms with Gasteiger partial charge < -0.3 is 18.8 Å². The van der Waals surface area contributed by atoms with E-state index in [1.807, 2.05) is 30.3 Å². The van der Waals surface area contributed by atoms with Gasteiger partial charge in [0.05, 0.1) is 13.2 Å². The minimum Gasteiger partial charge on any atom is -0.465 e. The third-order valence-corrected chi connectivity index (χ3v) is 10.8. The lowest BCUT2D eigenvalue weighted by molar-refractivity contribution is -0.149. The highest BCUT2D eigenvalue weighted by atomic mass is 28.4. The normalized spacial score (nSPS) is 11.5. The van der Waals surface area contributed by atoms with Crippen molar-refractivity contribution in [3.05, 3.63) is 58.6 Å². The van der Waals surface area contributed by atoms with E-state index in [9.17, 15) is 19.2 Å². The van der Waals surface area contributed by atoms with Crippen molar-refractivity contribution in [3.63, 3.8) is 0 Å². The number of nitrogens with one attached hydrogen (secondary N) is 1. The Labute approximate surface area is 224 Å². The maximum absolute atomic E-state index is 13.0. The van der Waals surface area contributed by atoms with Gasteiger partial charge in [-0.1, -0.05) is 51.1 Å². The van der Waals surface area contributed by atoms with Crippen molar-refractivity contribution in [2.45, 2.75) is 59.0 Å². The van der Waals surface area contributed by atoms with E-state index in [0.29, 0.717) is 0 Å². The second-order valence-electron chi connectivity index (χ2n) is 10.1. The number of rotatable bonds is 12. The minimum atomic E-state index is -2.05. The van der Waals surface area contributed by atoms with Gasteiger partial charge in [-0.15, -0.1) is 0 Å². The molecule has 12 heteroatoms. The maximum Gasteiger partial charge on any atom is 0.413 e. The van der Waals surface area contributed by atoms with Crippen molar-refractivity contribution in [1.29, 1.82) is 0 Å². The van der Waals surface area contributed by atoms with Gasteiger partial charge in [0.25, 0.3) is 0 Å². The molecule has 0 aliphatic rings. The third kappa shape index (κ3) is 9.75. The Morgan fingerprint density at radius 3 is 2.37 bits per heavy atom. The molecule has 0 saturated heterocycles. The predicted molar refractivity (Wildman–Crippen MR) is 145 cm³/mol. The molecule has 0 fully saturated rings. The summed E-state index contributed by atoms with van der Waals surface area (Å²) in [7, 11) is -2.05. The fraction of sp³-hybridized carbons (Fsp3) is 0.500. The SMILES string of the molecule is CCOC(=O)CN(CCO[Si](C)(C)C(C)(C)C)C(=O)Cn1ccc(NC(=O)OCc2ccccc2)nc1=O. The van der Waals surface area contributed by atoms with Gasteiger partial charge in [0.2, 0.25) is 5.91 Å². The van der Waals surface area contributed by atoms with Crippen LogP contribution in [-0.4, -0.2) is 67.0 Å². The quantitative estimate of drug-likeness (QED) is 0.317. The molecule has 2 aromatic rings. The molecule has 0 radical (unpaired) electrons. The number of ether oxygens (including phenoxy) is 2. The van der Waals surface area contributed by atoms with Gasteiger partial charge in [-0.2, -0.15) is 4.98 Å². The molecule has 0 atom stereocenters. The Morgan fingerprint density at radius 2 is 1.76 bits per heavy atom. The zero-order chi connectivity index (χ0) is 28.3. The average Bonchev–Trinajstić information content (AvgIpc) is 2.84. The topological polar surface area (TPSA) is 129 Å². The van der Waals surface area contributed by atoms with Gasteiger partial charge in [-0.05, 0) is 36.7 Å². The van der Waals surface area contributed by atoms with Crippen LogP contribution in [0.15, 0.2) is 47.4 Å². The van der Waals surface area contributed by atoms with Gasteiger partial charge in [-0.3, -0.25) is 19.5 Å². The molecule has 0 saturated carbocycles. The Balaban J connectivity index is 2.01. The van der Waals surface area contributed by atoms with Crippen molar-refractivity contribution >= 4 is 32.1 Å². The zero-order valence-electron chi connectivity index (χ0n) is 23.0. The van der Waals surface area contributed by atoms with Crippen LogP contribution in [0.5, 0.6) is 0 Å². The first kappa shape index (κ1) is 30.7. The molecule has 11 nitrogen and oxygen atoms in total. The van der Waals surface area contributed by atoms with Crippen LogP contribution in [-0.2, 0) is 36.6 Å². The summed E-state index contributed by atoms with van der Waals surface area (Å²) < 4.78 is 17.4. The van der Waals surface area contributed by atoms with Crippen LogP contribution >= 0.6 is 0 Å². The first-order valence-corrected chi connectivity index (χ1v) is 15.4. The number of aromatic nitrogens is 2. The summed E-state index contributed by atoms with van der Waals surface area (Å²) in [4.78, 5) is 54.8. The van der Waals surface area contributed by atoms with Gasteiger partial charge >= 0.3 is 17.8 Å². The van der Waals surface area contributed by atoms with Gasteiger partial charge in [0.1, 0.15) is 25.5 Å². The fourth-order valence-corrected chi connectivity index (χ4v) is 4.04. The molecule has 208 valence electrons. The minimum absolute atomic E-state index is 0.00822. The van der Waals surface area contributed by atoms with E-state index in [1.165, 1.54) is 17.2 Å². The number of carbonyl (C=O) groups is 3. The maximum atomic E-state index is 13.0. The van der Waals surface area contributed by atoms with Crippen molar-refractivity contribution in [1.82, 2.24) is 14.5 Å². The van der Waals surface area contributed by atoms with Crippen LogP contribution in [0, 0.1) is 0 Å². The molecule has 1 aromatic carbocycles. The lowest BCUT2D eigenvalue weighted by Gasteiger charge is -2.36. The third-order valence-electron chi connectivity index (χ3n) is 6.23. The van der Waals surface area contributed by atoms with Crippen LogP contribution in [0.25, 0.3) is 0 Å². The monoisotopic (exact) mass is 546 g/mol. The molecule has 2 rings (SSSR count). The summed E-state index contributed by atoms with van der Waals surface area (Å²) in [6.07, 6.45) is 0.575. The molecule has 0 bridgehead atoms. The van der Waals surface area contributed by atoms with Crippen molar-refractivity contribution < 1.29 is 28.3 Å². The van der Waals surface area contributed by atoms with Crippen molar-refractivity contribution in [3.8, 4) is 0 Å². The highest BCUT2D eigenvalue weighted by molar-refractivity contribution is 6.74. The van der Waals surface area contributed by atoms with E-state index in [-0.39, 0.29) is 50.3 Å². The zero-order valence-corrected chi connectivity index (χ0v) is 24.0. The average molecular weight is 547 g/mol. The summed E-state index contributed by atoms with van der Waals surface area (Å²) in [5.74, 6) is -1.03. The van der Waals surface area contributed by atoms with Crippen LogP contribution in [0.1, 0.15) is 33.3 Å². The van der Waals surface area contributed by atoms with Gasteiger partial charge in [0.15, 0.2) is 8.32 Å². The number of anilines is 1. The molecule has 0 spiro atoms. The molecule has 0 aliphatic carbocycles. The number of esters is 1. The van der Waals surface area contributed by atoms with E-state index in [4.69, 9.17) is 13.9 Å². The van der Waals surface area contributed by atoms with Crippen LogP contribution in [0.4, 0.5) is 10.6 Å². The fourth-order valence-electron chi connectivity index (χ4n) is 3.01. The summed E-state index contributed by atoms with van der Waals surface area (Å²) in [6.45, 7) is 12.3. The molecule has 1 heterocycles. The summed E-state index contributed by atoms with van der Waals surface area (Å²) >= 11 is 0. The number of benzene rings is 1. The van der Waals surface area contributed by atoms with Crippen LogP contribution in [0.2, 0.25) is 18.1 Å². The van der Waals surface area contributed by atoms with E-state index in [1.54, 1.807) is 6.92 Å². The Hall–Kier alpha value is -3.51. The van der Waals surface area contributed by atoms with Crippen molar-refractivity contribution in [2.24, 2.45) is 0 Å².